The maximum Gasteiger partial charge on any atom is 0.125 e. The van der Waals surface area contributed by atoms with Crippen molar-refractivity contribution in [2.24, 2.45) is 0 Å². The molecule has 0 saturated heterocycles. The first-order valence-corrected chi connectivity index (χ1v) is 3.58. The fourth-order valence-corrected chi connectivity index (χ4v) is 0.484. The van der Waals surface area contributed by atoms with E-state index in [0.717, 1.165) is 12.6 Å². The normalized spacial score (nSPS) is 6.60. The lowest BCUT2D eigenvalue weighted by atomic mass is 9.72. The molecular weight excluding hydrogens is 119 g/mol. The maximum absolute atomic E-state index is 3.01. The Balaban J connectivity index is 3.20. The van der Waals surface area contributed by atoms with Gasteiger partial charge in [0.25, 0.3) is 0 Å². The van der Waals surface area contributed by atoms with Gasteiger partial charge in [-0.25, -0.2) is 0 Å². The van der Waals surface area contributed by atoms with Gasteiger partial charge < -0.3 is 0 Å². The number of rotatable bonds is 2. The van der Waals surface area contributed by atoms with Crippen molar-refractivity contribution < 1.29 is 0 Å². The highest BCUT2D eigenvalue weighted by molar-refractivity contribution is 6.36. The van der Waals surface area contributed by atoms with E-state index in [0.29, 0.717) is 6.42 Å². The molecule has 0 aromatic rings. The largest absolute Gasteiger partial charge is 0.125 e. The molecule has 0 atom stereocenters. The van der Waals surface area contributed by atoms with Crippen LogP contribution < -0.4 is 0 Å². The molecule has 51 valence electrons. The molecule has 1 radical (unpaired) electrons. The van der Waals surface area contributed by atoms with E-state index in [9.17, 15) is 0 Å². The Kier molecular flexibility index (Phi) is 7.52. The van der Waals surface area contributed by atoms with E-state index in [2.05, 4.69) is 37.9 Å². The smallest absolute Gasteiger partial charge is 0.111 e. The lowest BCUT2D eigenvalue weighted by Gasteiger charge is -1.79. The van der Waals surface area contributed by atoms with Gasteiger partial charge in [0.05, 0.1) is 6.42 Å². The van der Waals surface area contributed by atoms with Gasteiger partial charge in [-0.2, -0.15) is 0 Å². The highest BCUT2D eigenvalue weighted by Gasteiger charge is 1.77. The minimum absolute atomic E-state index is 0.716. The molecule has 0 aliphatic carbocycles. The summed E-state index contributed by atoms with van der Waals surface area (Å²) in [7, 11) is 2.16. The second-order valence-electron chi connectivity index (χ2n) is 1.86. The van der Waals surface area contributed by atoms with Crippen molar-refractivity contribution in [3.05, 3.63) is 0 Å². The average Bonchev–Trinajstić information content (AvgIpc) is 1.97. The molecule has 0 spiro atoms. The van der Waals surface area contributed by atoms with Crippen molar-refractivity contribution in [3.8, 4) is 23.7 Å². The molecule has 0 aliphatic rings. The van der Waals surface area contributed by atoms with Crippen LogP contribution in [0.3, 0.4) is 0 Å². The van der Waals surface area contributed by atoms with Gasteiger partial charge in [0.2, 0.25) is 0 Å². The maximum atomic E-state index is 3.01. The Hall–Kier alpha value is -0.815. The standard InChI is InChI=1S/C9H12B/c1-3-5-6-7-8-9-10-4-2/h4,6,9H2,1-2H3. The summed E-state index contributed by atoms with van der Waals surface area (Å²) in [5.41, 5.74) is 0. The minimum Gasteiger partial charge on any atom is -0.111 e. The van der Waals surface area contributed by atoms with Crippen molar-refractivity contribution >= 4 is 7.28 Å². The molecule has 1 heteroatoms. The van der Waals surface area contributed by atoms with Gasteiger partial charge in [0.15, 0.2) is 0 Å². The molecule has 0 aliphatic heterocycles. The fourth-order valence-electron chi connectivity index (χ4n) is 0.484. The second-order valence-corrected chi connectivity index (χ2v) is 1.86. The van der Waals surface area contributed by atoms with Gasteiger partial charge in [-0.15, -0.1) is 11.8 Å². The van der Waals surface area contributed by atoms with E-state index in [-0.39, 0.29) is 0 Å². The Labute approximate surface area is 64.6 Å². The van der Waals surface area contributed by atoms with Crippen LogP contribution in [0.5, 0.6) is 0 Å². The summed E-state index contributed by atoms with van der Waals surface area (Å²) in [6.45, 7) is 3.95. The van der Waals surface area contributed by atoms with Crippen LogP contribution in [0.4, 0.5) is 0 Å². The fraction of sp³-hybridized carbons (Fsp3) is 0.556. The molecule has 0 amide bonds. The Bertz CT molecular complexity index is 172. The predicted octanol–water partition coefficient (Wildman–Crippen LogP) is 1.96. The number of hydrogen-bond donors (Lipinski definition) is 0. The monoisotopic (exact) mass is 131 g/mol. The van der Waals surface area contributed by atoms with E-state index in [1.54, 1.807) is 0 Å². The predicted molar refractivity (Wildman–Crippen MR) is 46.9 cm³/mol. The second kappa shape index (κ2) is 8.18. The van der Waals surface area contributed by atoms with E-state index in [4.69, 9.17) is 0 Å². The zero-order chi connectivity index (χ0) is 7.66. The van der Waals surface area contributed by atoms with Crippen LogP contribution in [-0.4, -0.2) is 7.28 Å². The van der Waals surface area contributed by atoms with Crippen LogP contribution in [0.1, 0.15) is 20.3 Å². The van der Waals surface area contributed by atoms with Gasteiger partial charge in [-0.3, -0.25) is 0 Å². The Morgan fingerprint density at radius 1 is 1.20 bits per heavy atom. The van der Waals surface area contributed by atoms with Crippen LogP contribution in [0.15, 0.2) is 0 Å². The third-order valence-electron chi connectivity index (χ3n) is 1.01. The van der Waals surface area contributed by atoms with E-state index in [1.165, 1.54) is 0 Å². The Morgan fingerprint density at radius 3 is 2.60 bits per heavy atom. The van der Waals surface area contributed by atoms with Gasteiger partial charge in [-0.1, -0.05) is 25.1 Å². The SMILES string of the molecule is CC#CCC#CC[B]CC. The third kappa shape index (κ3) is 7.18. The highest BCUT2D eigenvalue weighted by atomic mass is 13.6. The van der Waals surface area contributed by atoms with Crippen molar-refractivity contribution in [1.29, 1.82) is 0 Å². The van der Waals surface area contributed by atoms with Crippen molar-refractivity contribution in [1.82, 2.24) is 0 Å². The Morgan fingerprint density at radius 2 is 2.00 bits per heavy atom. The topological polar surface area (TPSA) is 0 Å². The zero-order valence-corrected chi connectivity index (χ0v) is 6.70. The highest BCUT2D eigenvalue weighted by Crippen LogP contribution is 1.81. The van der Waals surface area contributed by atoms with Crippen molar-refractivity contribution in [3.63, 3.8) is 0 Å². The van der Waals surface area contributed by atoms with Crippen molar-refractivity contribution in [2.75, 3.05) is 0 Å². The summed E-state index contributed by atoms with van der Waals surface area (Å²) in [5, 5.41) is 0. The molecule has 0 rings (SSSR count). The summed E-state index contributed by atoms with van der Waals surface area (Å²) in [6, 6.07) is 0. The molecule has 0 aromatic heterocycles. The van der Waals surface area contributed by atoms with Crippen LogP contribution in [0, 0.1) is 23.7 Å². The van der Waals surface area contributed by atoms with Crippen LogP contribution in [0.25, 0.3) is 0 Å². The van der Waals surface area contributed by atoms with E-state index in [1.807, 2.05) is 6.92 Å². The molecule has 0 nitrogen and oxygen atoms in total. The molecular formula is C9H12B. The first-order valence-electron chi connectivity index (χ1n) is 3.58. The van der Waals surface area contributed by atoms with Gasteiger partial charge in [-0.05, 0) is 13.2 Å². The molecule has 0 saturated carbocycles. The summed E-state index contributed by atoms with van der Waals surface area (Å²) in [5.74, 6) is 11.7. The third-order valence-corrected chi connectivity index (χ3v) is 1.01. The van der Waals surface area contributed by atoms with Crippen LogP contribution >= 0.6 is 0 Å². The summed E-state index contributed by atoms with van der Waals surface area (Å²) in [6.07, 6.45) is 2.73. The van der Waals surface area contributed by atoms with Gasteiger partial charge in [0, 0.05) is 0 Å². The van der Waals surface area contributed by atoms with Crippen LogP contribution in [-0.2, 0) is 0 Å². The van der Waals surface area contributed by atoms with E-state index < -0.39 is 0 Å². The molecule has 0 fully saturated rings. The van der Waals surface area contributed by atoms with Crippen molar-refractivity contribution in [2.45, 2.75) is 32.9 Å². The molecule has 0 unspecified atom stereocenters. The lowest BCUT2D eigenvalue weighted by Crippen LogP contribution is -1.80. The molecule has 0 aromatic carbocycles. The molecule has 0 heterocycles. The summed E-state index contributed by atoms with van der Waals surface area (Å²) >= 11 is 0. The van der Waals surface area contributed by atoms with Gasteiger partial charge >= 0.3 is 0 Å². The average molecular weight is 131 g/mol. The zero-order valence-electron chi connectivity index (χ0n) is 6.70. The number of hydrogen-bond acceptors (Lipinski definition) is 0. The van der Waals surface area contributed by atoms with Crippen LogP contribution in [0.2, 0.25) is 12.6 Å². The minimum atomic E-state index is 0.716. The van der Waals surface area contributed by atoms with Gasteiger partial charge in [0.1, 0.15) is 7.28 Å². The molecule has 0 bridgehead atoms. The lowest BCUT2D eigenvalue weighted by molar-refractivity contribution is 1.43. The molecule has 0 N–H and O–H groups in total. The summed E-state index contributed by atoms with van der Waals surface area (Å²) in [4.78, 5) is 0. The first-order chi connectivity index (χ1) is 4.91. The van der Waals surface area contributed by atoms with E-state index >= 15 is 0 Å². The quantitative estimate of drug-likeness (QED) is 0.305. The summed E-state index contributed by atoms with van der Waals surface area (Å²) < 4.78 is 0. The molecule has 10 heavy (non-hydrogen) atoms. The first kappa shape index (κ1) is 9.18.